The van der Waals surface area contributed by atoms with Crippen molar-refractivity contribution in [2.75, 3.05) is 14.2 Å². The standard InChI is InChI=1S/C11H12N2O5S/c1-16-9(14)6-7(11(15)17-2)18-13-10(12)8-4-3-5-19-8/h3-6H,1-2H3,(H2,12,13)/b7-6+. The van der Waals surface area contributed by atoms with E-state index in [-0.39, 0.29) is 5.84 Å². The Morgan fingerprint density at radius 1 is 1.37 bits per heavy atom. The van der Waals surface area contributed by atoms with Gasteiger partial charge in [0.05, 0.1) is 25.2 Å². The SMILES string of the molecule is COC(=O)/C=C(/O/N=C(\N)c1cccs1)C(=O)OC. The molecule has 0 saturated heterocycles. The van der Waals surface area contributed by atoms with Gasteiger partial charge in [-0.15, -0.1) is 11.3 Å². The first-order chi connectivity index (χ1) is 9.08. The summed E-state index contributed by atoms with van der Waals surface area (Å²) >= 11 is 1.35. The van der Waals surface area contributed by atoms with Crippen LogP contribution in [0.3, 0.4) is 0 Å². The minimum atomic E-state index is -0.867. The largest absolute Gasteiger partial charge is 0.466 e. The molecule has 2 N–H and O–H groups in total. The molecule has 0 aliphatic rings. The Morgan fingerprint density at radius 2 is 2.11 bits per heavy atom. The third-order valence-electron chi connectivity index (χ3n) is 1.85. The van der Waals surface area contributed by atoms with Crippen LogP contribution < -0.4 is 5.73 Å². The fourth-order valence-electron chi connectivity index (χ4n) is 0.957. The number of carbonyl (C=O) groups is 2. The van der Waals surface area contributed by atoms with Crippen molar-refractivity contribution in [3.05, 3.63) is 34.2 Å². The van der Waals surface area contributed by atoms with Gasteiger partial charge in [-0.1, -0.05) is 11.2 Å². The van der Waals surface area contributed by atoms with Crippen LogP contribution >= 0.6 is 11.3 Å². The number of rotatable bonds is 5. The van der Waals surface area contributed by atoms with E-state index in [9.17, 15) is 9.59 Å². The molecule has 1 aromatic heterocycles. The number of nitrogens with two attached hydrogens (primary N) is 1. The minimum absolute atomic E-state index is 0.0784. The first kappa shape index (κ1) is 14.7. The molecule has 7 nitrogen and oxygen atoms in total. The molecule has 8 heteroatoms. The van der Waals surface area contributed by atoms with E-state index in [2.05, 4.69) is 14.6 Å². The van der Waals surface area contributed by atoms with Gasteiger partial charge >= 0.3 is 11.9 Å². The Labute approximate surface area is 113 Å². The molecule has 0 fully saturated rings. The van der Waals surface area contributed by atoms with E-state index in [4.69, 9.17) is 10.6 Å². The maximum Gasteiger partial charge on any atom is 0.377 e. The van der Waals surface area contributed by atoms with Crippen LogP contribution in [0.4, 0.5) is 0 Å². The lowest BCUT2D eigenvalue weighted by Gasteiger charge is -2.03. The van der Waals surface area contributed by atoms with Crippen molar-refractivity contribution < 1.29 is 23.9 Å². The number of carbonyl (C=O) groups excluding carboxylic acids is 2. The quantitative estimate of drug-likeness (QED) is 0.212. The van der Waals surface area contributed by atoms with Gasteiger partial charge in [-0.2, -0.15) is 0 Å². The molecule has 0 atom stereocenters. The van der Waals surface area contributed by atoms with Crippen LogP contribution in [0.25, 0.3) is 0 Å². The molecule has 1 aromatic rings. The summed E-state index contributed by atoms with van der Waals surface area (Å²) in [4.78, 5) is 27.9. The molecule has 0 aliphatic heterocycles. The topological polar surface area (TPSA) is 100 Å². The van der Waals surface area contributed by atoms with Crippen molar-refractivity contribution >= 4 is 29.1 Å². The van der Waals surface area contributed by atoms with Gasteiger partial charge in [-0.05, 0) is 11.4 Å². The smallest absolute Gasteiger partial charge is 0.377 e. The Kier molecular flexibility index (Phi) is 5.55. The summed E-state index contributed by atoms with van der Waals surface area (Å²) in [6, 6.07) is 3.52. The lowest BCUT2D eigenvalue weighted by molar-refractivity contribution is -0.142. The zero-order valence-corrected chi connectivity index (χ0v) is 11.1. The van der Waals surface area contributed by atoms with E-state index < -0.39 is 17.7 Å². The molecule has 0 saturated carbocycles. The normalized spacial score (nSPS) is 11.9. The average Bonchev–Trinajstić information content (AvgIpc) is 2.95. The molecular formula is C11H12N2O5S. The zero-order chi connectivity index (χ0) is 14.3. The molecule has 1 rings (SSSR count). The van der Waals surface area contributed by atoms with Crippen LogP contribution in [0.2, 0.25) is 0 Å². The first-order valence-electron chi connectivity index (χ1n) is 5.00. The van der Waals surface area contributed by atoms with E-state index in [0.29, 0.717) is 4.88 Å². The Bertz CT molecular complexity index is 507. The average molecular weight is 284 g/mol. The third-order valence-corrected chi connectivity index (χ3v) is 2.75. The number of hydrogen-bond acceptors (Lipinski definition) is 7. The molecule has 102 valence electrons. The van der Waals surface area contributed by atoms with Crippen molar-refractivity contribution in [2.24, 2.45) is 10.9 Å². The number of oxime groups is 1. The van der Waals surface area contributed by atoms with Crippen molar-refractivity contribution in [1.29, 1.82) is 0 Å². The lowest BCUT2D eigenvalue weighted by atomic mass is 10.4. The molecule has 0 aliphatic carbocycles. The van der Waals surface area contributed by atoms with Crippen molar-refractivity contribution in [1.82, 2.24) is 0 Å². The fourth-order valence-corrected chi connectivity index (χ4v) is 1.58. The zero-order valence-electron chi connectivity index (χ0n) is 10.3. The number of nitrogens with zero attached hydrogens (tertiary/aromatic N) is 1. The molecule has 0 aromatic carbocycles. The van der Waals surface area contributed by atoms with Gasteiger partial charge in [0.2, 0.25) is 5.76 Å². The molecule has 0 amide bonds. The minimum Gasteiger partial charge on any atom is -0.466 e. The van der Waals surface area contributed by atoms with Gasteiger partial charge in [-0.3, -0.25) is 0 Å². The number of amidine groups is 1. The Hall–Kier alpha value is -2.35. The maximum absolute atomic E-state index is 11.3. The van der Waals surface area contributed by atoms with Crippen molar-refractivity contribution in [3.63, 3.8) is 0 Å². The van der Waals surface area contributed by atoms with Gasteiger partial charge < -0.3 is 20.0 Å². The van der Waals surface area contributed by atoms with Gasteiger partial charge in [0, 0.05) is 0 Å². The lowest BCUT2D eigenvalue weighted by Crippen LogP contribution is -2.14. The van der Waals surface area contributed by atoms with E-state index >= 15 is 0 Å². The van der Waals surface area contributed by atoms with Gasteiger partial charge in [0.15, 0.2) is 5.84 Å². The Morgan fingerprint density at radius 3 is 2.63 bits per heavy atom. The number of methoxy groups -OCH3 is 2. The van der Waals surface area contributed by atoms with Crippen LogP contribution in [0.1, 0.15) is 4.88 Å². The summed E-state index contributed by atoms with van der Waals surface area (Å²) in [6.45, 7) is 0. The molecule has 1 heterocycles. The number of esters is 2. The summed E-state index contributed by atoms with van der Waals surface area (Å²) in [7, 11) is 2.31. The van der Waals surface area contributed by atoms with Crippen LogP contribution in [-0.4, -0.2) is 32.0 Å². The monoisotopic (exact) mass is 284 g/mol. The molecule has 19 heavy (non-hydrogen) atoms. The van der Waals surface area contributed by atoms with E-state index in [0.717, 1.165) is 20.3 Å². The van der Waals surface area contributed by atoms with Crippen LogP contribution in [0.5, 0.6) is 0 Å². The number of thiophene rings is 1. The van der Waals surface area contributed by atoms with Crippen LogP contribution in [0.15, 0.2) is 34.5 Å². The van der Waals surface area contributed by atoms with Gasteiger partial charge in [0.1, 0.15) is 0 Å². The predicted octanol–water partition coefficient (Wildman–Crippen LogP) is 0.615. The molecule has 0 bridgehead atoms. The maximum atomic E-state index is 11.3. The van der Waals surface area contributed by atoms with E-state index in [1.165, 1.54) is 11.3 Å². The van der Waals surface area contributed by atoms with Crippen LogP contribution in [-0.2, 0) is 23.9 Å². The second-order valence-corrected chi connectivity index (χ2v) is 4.02. The highest BCUT2D eigenvalue weighted by atomic mass is 32.1. The summed E-state index contributed by atoms with van der Waals surface area (Å²) in [5, 5.41) is 5.36. The summed E-state index contributed by atoms with van der Waals surface area (Å²) in [6.07, 6.45) is 0.817. The van der Waals surface area contributed by atoms with Crippen molar-refractivity contribution in [2.45, 2.75) is 0 Å². The first-order valence-corrected chi connectivity index (χ1v) is 5.88. The highest BCUT2D eigenvalue weighted by Gasteiger charge is 2.15. The summed E-state index contributed by atoms with van der Waals surface area (Å²) < 4.78 is 8.81. The van der Waals surface area contributed by atoms with Gasteiger partial charge in [-0.25, -0.2) is 9.59 Å². The molecule has 0 unspecified atom stereocenters. The second-order valence-electron chi connectivity index (χ2n) is 3.07. The van der Waals surface area contributed by atoms with Crippen molar-refractivity contribution in [3.8, 4) is 0 Å². The molecule has 0 radical (unpaired) electrons. The van der Waals surface area contributed by atoms with Gasteiger partial charge in [0.25, 0.3) is 0 Å². The number of hydrogen-bond donors (Lipinski definition) is 1. The van der Waals surface area contributed by atoms with Crippen LogP contribution in [0, 0.1) is 0 Å². The summed E-state index contributed by atoms with van der Waals surface area (Å²) in [5.41, 5.74) is 5.63. The Balaban J connectivity index is 2.84. The third kappa shape index (κ3) is 4.43. The fraction of sp³-hybridized carbons (Fsp3) is 0.182. The molecule has 0 spiro atoms. The summed E-state index contributed by atoms with van der Waals surface area (Å²) in [5.74, 6) is -1.98. The predicted molar refractivity (Wildman–Crippen MR) is 68.2 cm³/mol. The highest BCUT2D eigenvalue weighted by Crippen LogP contribution is 2.09. The second kappa shape index (κ2) is 7.17. The van der Waals surface area contributed by atoms with E-state index in [1.807, 2.05) is 5.38 Å². The number of ether oxygens (including phenoxy) is 2. The highest BCUT2D eigenvalue weighted by molar-refractivity contribution is 7.12. The molecular weight excluding hydrogens is 272 g/mol. The van der Waals surface area contributed by atoms with E-state index in [1.54, 1.807) is 12.1 Å².